The highest BCUT2D eigenvalue weighted by Crippen LogP contribution is 2.25. The maximum atomic E-state index is 12.8. The Balaban J connectivity index is 1.40. The summed E-state index contributed by atoms with van der Waals surface area (Å²) in [5, 5.41) is 0.687. The van der Waals surface area contributed by atoms with Gasteiger partial charge < -0.3 is 9.80 Å². The third-order valence-electron chi connectivity index (χ3n) is 5.57. The summed E-state index contributed by atoms with van der Waals surface area (Å²) in [6.07, 6.45) is 0.150. The van der Waals surface area contributed by atoms with Crippen LogP contribution in [0.25, 0.3) is 0 Å². The lowest BCUT2D eigenvalue weighted by Crippen LogP contribution is -2.53. The van der Waals surface area contributed by atoms with Crippen LogP contribution in [0.15, 0.2) is 42.5 Å². The first kappa shape index (κ1) is 19.5. The van der Waals surface area contributed by atoms with Crippen LogP contribution in [-0.2, 0) is 16.0 Å². The number of carbonyl (C=O) groups is 3. The Morgan fingerprint density at radius 3 is 2.52 bits per heavy atom. The van der Waals surface area contributed by atoms with Crippen molar-refractivity contribution in [1.82, 2.24) is 9.80 Å². The van der Waals surface area contributed by atoms with Crippen molar-refractivity contribution >= 4 is 35.0 Å². The molecule has 2 aromatic carbocycles. The Hall–Kier alpha value is -2.86. The molecule has 4 rings (SSSR count). The molecule has 0 bridgehead atoms. The second-order valence-electron chi connectivity index (χ2n) is 7.42. The van der Waals surface area contributed by atoms with E-state index in [1.807, 2.05) is 25.1 Å². The second kappa shape index (κ2) is 7.87. The summed E-state index contributed by atoms with van der Waals surface area (Å²) in [6, 6.07) is 12.8. The minimum Gasteiger partial charge on any atom is -0.368 e. The maximum absolute atomic E-state index is 12.8. The highest BCUT2D eigenvalue weighted by atomic mass is 35.5. The van der Waals surface area contributed by atoms with Crippen molar-refractivity contribution in [3.63, 3.8) is 0 Å². The first-order valence-electron chi connectivity index (χ1n) is 9.65. The normalized spacial score (nSPS) is 16.8. The molecule has 6 nitrogen and oxygen atoms in total. The minimum absolute atomic E-state index is 0.150. The number of fused-ring (bicyclic) bond motifs is 1. The average molecular weight is 412 g/mol. The van der Waals surface area contributed by atoms with Crippen molar-refractivity contribution in [2.75, 3.05) is 37.6 Å². The number of imide groups is 1. The van der Waals surface area contributed by atoms with Crippen LogP contribution < -0.4 is 4.90 Å². The first-order valence-corrected chi connectivity index (χ1v) is 10.0. The summed E-state index contributed by atoms with van der Waals surface area (Å²) in [5.41, 5.74) is 3.43. The van der Waals surface area contributed by atoms with Gasteiger partial charge in [0.2, 0.25) is 11.8 Å². The van der Waals surface area contributed by atoms with Crippen molar-refractivity contribution < 1.29 is 14.4 Å². The zero-order valence-corrected chi connectivity index (χ0v) is 17.0. The van der Waals surface area contributed by atoms with Crippen molar-refractivity contribution in [3.05, 3.63) is 64.2 Å². The summed E-state index contributed by atoms with van der Waals surface area (Å²) < 4.78 is 0. The molecule has 0 unspecified atom stereocenters. The van der Waals surface area contributed by atoms with E-state index in [1.54, 1.807) is 29.2 Å². The topological polar surface area (TPSA) is 60.9 Å². The molecule has 2 aromatic rings. The third kappa shape index (κ3) is 3.85. The van der Waals surface area contributed by atoms with Gasteiger partial charge in [0.05, 0.1) is 6.42 Å². The number of piperazine rings is 1. The summed E-state index contributed by atoms with van der Waals surface area (Å²) in [6.45, 7) is 4.27. The number of hydrogen-bond donors (Lipinski definition) is 0. The van der Waals surface area contributed by atoms with E-state index in [-0.39, 0.29) is 24.8 Å². The van der Waals surface area contributed by atoms with Gasteiger partial charge in [-0.1, -0.05) is 35.9 Å². The fourth-order valence-electron chi connectivity index (χ4n) is 3.92. The van der Waals surface area contributed by atoms with Gasteiger partial charge in [-0.2, -0.15) is 0 Å². The predicted molar refractivity (Wildman–Crippen MR) is 111 cm³/mol. The molecule has 7 heteroatoms. The number of rotatable bonds is 3. The number of halogens is 1. The van der Waals surface area contributed by atoms with Gasteiger partial charge in [0.25, 0.3) is 5.91 Å². The Morgan fingerprint density at radius 2 is 1.76 bits per heavy atom. The Bertz CT molecular complexity index is 983. The van der Waals surface area contributed by atoms with Gasteiger partial charge in [0, 0.05) is 42.5 Å². The molecule has 0 saturated carbocycles. The smallest absolute Gasteiger partial charge is 0.261 e. The van der Waals surface area contributed by atoms with E-state index >= 15 is 0 Å². The summed E-state index contributed by atoms with van der Waals surface area (Å²) in [5.74, 6) is -0.915. The molecule has 150 valence electrons. The number of hydrogen-bond acceptors (Lipinski definition) is 4. The predicted octanol–water partition coefficient (Wildman–Crippen LogP) is 2.52. The number of benzene rings is 2. The van der Waals surface area contributed by atoms with E-state index in [9.17, 15) is 14.4 Å². The van der Waals surface area contributed by atoms with Gasteiger partial charge in [0.15, 0.2) is 0 Å². The molecule has 0 aliphatic carbocycles. The molecule has 0 radical (unpaired) electrons. The second-order valence-corrected chi connectivity index (χ2v) is 7.85. The van der Waals surface area contributed by atoms with E-state index in [1.165, 1.54) is 0 Å². The van der Waals surface area contributed by atoms with Crippen molar-refractivity contribution in [2.45, 2.75) is 13.3 Å². The zero-order chi connectivity index (χ0) is 20.5. The SMILES string of the molecule is Cc1ccc(Cl)cc1N1CCN(C(=O)CN2C(=O)Cc3ccccc3C2=O)CC1. The molecule has 0 atom stereocenters. The average Bonchev–Trinajstić information content (AvgIpc) is 2.73. The molecular formula is C22H22ClN3O3. The van der Waals surface area contributed by atoms with Crippen molar-refractivity contribution in [1.29, 1.82) is 0 Å². The standard InChI is InChI=1S/C22H22ClN3O3/c1-15-6-7-17(23)13-19(15)24-8-10-25(11-9-24)21(28)14-26-20(27)12-16-4-2-3-5-18(16)22(26)29/h2-7,13H,8-12,14H2,1H3. The number of nitrogens with zero attached hydrogens (tertiary/aromatic N) is 3. The summed E-state index contributed by atoms with van der Waals surface area (Å²) >= 11 is 6.13. The summed E-state index contributed by atoms with van der Waals surface area (Å²) in [4.78, 5) is 42.9. The van der Waals surface area contributed by atoms with Gasteiger partial charge in [-0.15, -0.1) is 0 Å². The maximum Gasteiger partial charge on any atom is 0.261 e. The van der Waals surface area contributed by atoms with Gasteiger partial charge in [-0.3, -0.25) is 19.3 Å². The minimum atomic E-state index is -0.390. The van der Waals surface area contributed by atoms with Crippen molar-refractivity contribution in [2.24, 2.45) is 0 Å². The Kier molecular flexibility index (Phi) is 5.28. The van der Waals surface area contributed by atoms with Crippen LogP contribution in [0.1, 0.15) is 21.5 Å². The number of carbonyl (C=O) groups excluding carboxylic acids is 3. The molecule has 0 spiro atoms. The van der Waals surface area contributed by atoms with E-state index in [4.69, 9.17) is 11.6 Å². The lowest BCUT2D eigenvalue weighted by Gasteiger charge is -2.37. The molecule has 2 aliphatic rings. The Morgan fingerprint density at radius 1 is 1.03 bits per heavy atom. The molecule has 2 heterocycles. The zero-order valence-electron chi connectivity index (χ0n) is 16.2. The lowest BCUT2D eigenvalue weighted by atomic mass is 9.98. The molecule has 0 aromatic heterocycles. The van der Waals surface area contributed by atoms with Crippen LogP contribution >= 0.6 is 11.6 Å². The van der Waals surface area contributed by atoms with Gasteiger partial charge in [-0.25, -0.2) is 0 Å². The lowest BCUT2D eigenvalue weighted by molar-refractivity contribution is -0.138. The van der Waals surface area contributed by atoms with Gasteiger partial charge in [0.1, 0.15) is 6.54 Å². The molecule has 3 amide bonds. The number of anilines is 1. The van der Waals surface area contributed by atoms with Crippen LogP contribution in [-0.4, -0.2) is 60.2 Å². The highest BCUT2D eigenvalue weighted by molar-refractivity contribution is 6.30. The van der Waals surface area contributed by atoms with Crippen LogP contribution in [0.2, 0.25) is 5.02 Å². The van der Waals surface area contributed by atoms with E-state index < -0.39 is 5.91 Å². The van der Waals surface area contributed by atoms with Crippen LogP contribution in [0.3, 0.4) is 0 Å². The van der Waals surface area contributed by atoms with Gasteiger partial charge in [-0.05, 0) is 36.2 Å². The monoisotopic (exact) mass is 411 g/mol. The van der Waals surface area contributed by atoms with Crippen molar-refractivity contribution in [3.8, 4) is 0 Å². The number of aryl methyl sites for hydroxylation is 1. The van der Waals surface area contributed by atoms with E-state index in [0.29, 0.717) is 36.8 Å². The van der Waals surface area contributed by atoms with E-state index in [0.717, 1.165) is 21.7 Å². The molecule has 1 fully saturated rings. The largest absolute Gasteiger partial charge is 0.368 e. The van der Waals surface area contributed by atoms with Gasteiger partial charge >= 0.3 is 0 Å². The van der Waals surface area contributed by atoms with E-state index in [2.05, 4.69) is 4.90 Å². The third-order valence-corrected chi connectivity index (χ3v) is 5.81. The molecule has 1 saturated heterocycles. The van der Waals surface area contributed by atoms with Crippen LogP contribution in [0, 0.1) is 6.92 Å². The first-order chi connectivity index (χ1) is 13.9. The van der Waals surface area contributed by atoms with Crippen LogP contribution in [0.5, 0.6) is 0 Å². The highest BCUT2D eigenvalue weighted by Gasteiger charge is 2.33. The fourth-order valence-corrected chi connectivity index (χ4v) is 4.08. The quantitative estimate of drug-likeness (QED) is 0.728. The fraction of sp³-hybridized carbons (Fsp3) is 0.318. The summed E-state index contributed by atoms with van der Waals surface area (Å²) in [7, 11) is 0. The van der Waals surface area contributed by atoms with Crippen LogP contribution in [0.4, 0.5) is 5.69 Å². The molecule has 29 heavy (non-hydrogen) atoms. The molecule has 2 aliphatic heterocycles. The molecular weight excluding hydrogens is 390 g/mol. The Labute approximate surface area is 174 Å². The molecule has 0 N–H and O–H groups in total. The number of amides is 3.